The Hall–Kier alpha value is -1.92. The van der Waals surface area contributed by atoms with E-state index in [9.17, 15) is 9.50 Å². The summed E-state index contributed by atoms with van der Waals surface area (Å²) in [5.41, 5.74) is 0. The van der Waals surface area contributed by atoms with E-state index in [0.29, 0.717) is 25.4 Å². The number of aromatic nitrogens is 2. The fourth-order valence-electron chi connectivity index (χ4n) is 2.39. The zero-order valence-corrected chi connectivity index (χ0v) is 10.9. The van der Waals surface area contributed by atoms with Crippen LogP contribution in [0.2, 0.25) is 0 Å². The molecule has 20 heavy (non-hydrogen) atoms. The molecule has 0 unspecified atom stereocenters. The van der Waals surface area contributed by atoms with E-state index in [-0.39, 0.29) is 11.9 Å². The average Bonchev–Trinajstić information content (AvgIpc) is 3.01. The second kappa shape index (κ2) is 5.60. The van der Waals surface area contributed by atoms with Crippen LogP contribution in [0, 0.1) is 5.82 Å². The number of benzene rings is 1. The molecule has 2 atom stereocenters. The van der Waals surface area contributed by atoms with Gasteiger partial charge in [0.1, 0.15) is 29.6 Å². The zero-order valence-electron chi connectivity index (χ0n) is 10.9. The lowest BCUT2D eigenvalue weighted by molar-refractivity contribution is 0.0734. The number of halogens is 1. The van der Waals surface area contributed by atoms with Crippen molar-refractivity contribution >= 4 is 0 Å². The van der Waals surface area contributed by atoms with Crippen molar-refractivity contribution in [3.63, 3.8) is 0 Å². The zero-order chi connectivity index (χ0) is 13.9. The maximum atomic E-state index is 13.1. The van der Waals surface area contributed by atoms with E-state index in [2.05, 4.69) is 9.97 Å². The second-order valence-electron chi connectivity index (χ2n) is 4.91. The van der Waals surface area contributed by atoms with Gasteiger partial charge in [0, 0.05) is 31.5 Å². The number of β-amino-alcohol motifs (C(OH)–C–C–N with tert-alkyl or cyclic N) is 1. The van der Waals surface area contributed by atoms with E-state index in [1.165, 1.54) is 12.1 Å². The van der Waals surface area contributed by atoms with Crippen LogP contribution < -0.4 is 4.74 Å². The predicted molar refractivity (Wildman–Crippen MR) is 70.7 cm³/mol. The Balaban J connectivity index is 1.61. The van der Waals surface area contributed by atoms with Crippen molar-refractivity contribution in [1.82, 2.24) is 14.9 Å². The van der Waals surface area contributed by atoms with Gasteiger partial charge in [-0.05, 0) is 12.1 Å². The van der Waals surface area contributed by atoms with Gasteiger partial charge in [0.2, 0.25) is 0 Å². The minimum absolute atomic E-state index is 0.345. The minimum Gasteiger partial charge on any atom is -0.486 e. The lowest BCUT2D eigenvalue weighted by Gasteiger charge is -2.16. The second-order valence-corrected chi connectivity index (χ2v) is 4.91. The summed E-state index contributed by atoms with van der Waals surface area (Å²) < 4.78 is 18.8. The molecule has 0 saturated carbocycles. The van der Waals surface area contributed by atoms with Gasteiger partial charge in [-0.25, -0.2) is 9.37 Å². The number of nitrogens with zero attached hydrogens (tertiary/aromatic N) is 2. The van der Waals surface area contributed by atoms with Crippen LogP contribution in [0.3, 0.4) is 0 Å². The molecule has 0 amide bonds. The molecule has 1 aliphatic heterocycles. The smallest absolute Gasteiger partial charge is 0.138 e. The molecule has 1 saturated heterocycles. The Morgan fingerprint density at radius 3 is 3.10 bits per heavy atom. The molecule has 1 aliphatic rings. The third-order valence-corrected chi connectivity index (χ3v) is 3.32. The SMILES string of the molecule is O[C@@H]1CN(Cc2ncc[nH]2)C[C@H]1Oc1cccc(F)c1. The molecule has 2 aromatic rings. The first-order valence-corrected chi connectivity index (χ1v) is 6.51. The van der Waals surface area contributed by atoms with Gasteiger partial charge in [-0.1, -0.05) is 6.07 Å². The molecule has 1 aromatic heterocycles. The number of imidazole rings is 1. The largest absolute Gasteiger partial charge is 0.486 e. The summed E-state index contributed by atoms with van der Waals surface area (Å²) in [5, 5.41) is 10.0. The molecular formula is C14H16FN3O2. The van der Waals surface area contributed by atoms with Gasteiger partial charge in [0.15, 0.2) is 0 Å². The van der Waals surface area contributed by atoms with Crippen LogP contribution in [0.1, 0.15) is 5.82 Å². The van der Waals surface area contributed by atoms with Crippen molar-refractivity contribution in [3.8, 4) is 5.75 Å². The number of aliphatic hydroxyl groups is 1. The topological polar surface area (TPSA) is 61.4 Å². The van der Waals surface area contributed by atoms with Crippen LogP contribution in [0.4, 0.5) is 4.39 Å². The number of ether oxygens (including phenoxy) is 1. The summed E-state index contributed by atoms with van der Waals surface area (Å²) in [6.45, 7) is 1.73. The average molecular weight is 277 g/mol. The Morgan fingerprint density at radius 2 is 2.35 bits per heavy atom. The van der Waals surface area contributed by atoms with E-state index < -0.39 is 6.10 Å². The van der Waals surface area contributed by atoms with E-state index in [4.69, 9.17) is 4.74 Å². The number of rotatable bonds is 4. The number of aliphatic hydroxyl groups excluding tert-OH is 1. The van der Waals surface area contributed by atoms with Gasteiger partial charge in [-0.2, -0.15) is 0 Å². The first-order chi connectivity index (χ1) is 9.70. The van der Waals surface area contributed by atoms with Crippen LogP contribution >= 0.6 is 0 Å². The molecule has 1 aromatic carbocycles. The van der Waals surface area contributed by atoms with E-state index in [0.717, 1.165) is 5.82 Å². The number of aromatic amines is 1. The maximum absolute atomic E-state index is 13.1. The highest BCUT2D eigenvalue weighted by molar-refractivity contribution is 5.23. The van der Waals surface area contributed by atoms with Crippen molar-refractivity contribution < 1.29 is 14.2 Å². The van der Waals surface area contributed by atoms with Crippen molar-refractivity contribution in [2.75, 3.05) is 13.1 Å². The summed E-state index contributed by atoms with van der Waals surface area (Å²) in [5.74, 6) is 0.944. The van der Waals surface area contributed by atoms with Crippen LogP contribution in [-0.2, 0) is 6.54 Å². The standard InChI is InChI=1S/C14H16FN3O2/c15-10-2-1-3-11(6-10)20-13-8-18(7-12(13)19)9-14-16-4-5-17-14/h1-6,12-13,19H,7-9H2,(H,16,17)/t12-,13-/m1/s1. The third kappa shape index (κ3) is 2.97. The first-order valence-electron chi connectivity index (χ1n) is 6.51. The monoisotopic (exact) mass is 277 g/mol. The lowest BCUT2D eigenvalue weighted by Crippen LogP contribution is -2.29. The summed E-state index contributed by atoms with van der Waals surface area (Å²) in [6.07, 6.45) is 2.52. The maximum Gasteiger partial charge on any atom is 0.138 e. The van der Waals surface area contributed by atoms with Gasteiger partial charge < -0.3 is 14.8 Å². The highest BCUT2D eigenvalue weighted by atomic mass is 19.1. The molecule has 0 aliphatic carbocycles. The molecule has 3 rings (SSSR count). The molecule has 2 N–H and O–H groups in total. The van der Waals surface area contributed by atoms with E-state index in [1.807, 2.05) is 4.90 Å². The fourth-order valence-corrected chi connectivity index (χ4v) is 2.39. The normalized spacial score (nSPS) is 23.1. The first kappa shape index (κ1) is 13.1. The Bertz CT molecular complexity index is 561. The third-order valence-electron chi connectivity index (χ3n) is 3.32. The number of hydrogen-bond donors (Lipinski definition) is 2. The highest BCUT2D eigenvalue weighted by Crippen LogP contribution is 2.20. The summed E-state index contributed by atoms with van der Waals surface area (Å²) in [7, 11) is 0. The van der Waals surface area contributed by atoms with Gasteiger partial charge in [0.25, 0.3) is 0 Å². The Labute approximate surface area is 116 Å². The van der Waals surface area contributed by atoms with E-state index in [1.54, 1.807) is 24.5 Å². The summed E-state index contributed by atoms with van der Waals surface area (Å²) in [4.78, 5) is 9.23. The molecule has 0 bridgehead atoms. The van der Waals surface area contributed by atoms with Crippen LogP contribution in [0.15, 0.2) is 36.7 Å². The van der Waals surface area contributed by atoms with Crippen molar-refractivity contribution in [2.45, 2.75) is 18.8 Å². The predicted octanol–water partition coefficient (Wildman–Crippen LogP) is 1.17. The molecule has 0 radical (unpaired) electrons. The molecule has 1 fully saturated rings. The van der Waals surface area contributed by atoms with Crippen molar-refractivity contribution in [1.29, 1.82) is 0 Å². The molecule has 6 heteroatoms. The Morgan fingerprint density at radius 1 is 1.45 bits per heavy atom. The van der Waals surface area contributed by atoms with Gasteiger partial charge in [-0.15, -0.1) is 0 Å². The van der Waals surface area contributed by atoms with E-state index >= 15 is 0 Å². The quantitative estimate of drug-likeness (QED) is 0.881. The molecule has 106 valence electrons. The minimum atomic E-state index is -0.590. The molecule has 2 heterocycles. The van der Waals surface area contributed by atoms with Gasteiger partial charge >= 0.3 is 0 Å². The van der Waals surface area contributed by atoms with Crippen molar-refractivity contribution in [2.24, 2.45) is 0 Å². The number of hydrogen-bond acceptors (Lipinski definition) is 4. The number of likely N-dealkylation sites (tertiary alicyclic amines) is 1. The summed E-state index contributed by atoms with van der Waals surface area (Å²) >= 11 is 0. The van der Waals surface area contributed by atoms with Gasteiger partial charge in [0.05, 0.1) is 6.54 Å². The molecule has 5 nitrogen and oxygen atoms in total. The number of nitrogens with one attached hydrogen (secondary N) is 1. The highest BCUT2D eigenvalue weighted by Gasteiger charge is 2.33. The summed E-state index contributed by atoms with van der Waals surface area (Å²) in [6, 6.07) is 5.96. The van der Waals surface area contributed by atoms with Crippen LogP contribution in [0.5, 0.6) is 5.75 Å². The molecule has 0 spiro atoms. The van der Waals surface area contributed by atoms with Crippen LogP contribution in [0.25, 0.3) is 0 Å². The van der Waals surface area contributed by atoms with Crippen LogP contribution in [-0.4, -0.2) is 45.3 Å². The Kier molecular flexibility index (Phi) is 3.66. The fraction of sp³-hybridized carbons (Fsp3) is 0.357. The number of H-pyrrole nitrogens is 1. The lowest BCUT2D eigenvalue weighted by atomic mass is 10.2. The van der Waals surface area contributed by atoms with Crippen molar-refractivity contribution in [3.05, 3.63) is 48.3 Å². The van der Waals surface area contributed by atoms with Gasteiger partial charge in [-0.3, -0.25) is 4.90 Å². The molecular weight excluding hydrogens is 261 g/mol.